The third kappa shape index (κ3) is 1.47. The summed E-state index contributed by atoms with van der Waals surface area (Å²) in [4.78, 5) is 1.14. The van der Waals surface area contributed by atoms with Crippen LogP contribution in [0.4, 0.5) is 5.00 Å². The van der Waals surface area contributed by atoms with E-state index < -0.39 is 0 Å². The molecule has 0 radical (unpaired) electrons. The second-order valence-corrected chi connectivity index (χ2v) is 3.03. The topological polar surface area (TPSA) is 43.7 Å². The SMILES string of the molecule is CCc1ccc(N(O)O)s1. The lowest BCUT2D eigenvalue weighted by molar-refractivity contribution is 0.0312. The highest BCUT2D eigenvalue weighted by Gasteiger charge is 2.01. The first-order valence-corrected chi connectivity index (χ1v) is 3.82. The van der Waals surface area contributed by atoms with Gasteiger partial charge in [-0.1, -0.05) is 6.92 Å². The molecule has 10 heavy (non-hydrogen) atoms. The summed E-state index contributed by atoms with van der Waals surface area (Å²) >= 11 is 1.37. The van der Waals surface area contributed by atoms with Crippen LogP contribution in [0.25, 0.3) is 0 Å². The van der Waals surface area contributed by atoms with Gasteiger partial charge in [0.1, 0.15) is 5.00 Å². The van der Waals surface area contributed by atoms with Gasteiger partial charge in [-0.15, -0.1) is 16.6 Å². The smallest absolute Gasteiger partial charge is 0.147 e. The molecule has 1 aromatic heterocycles. The summed E-state index contributed by atoms with van der Waals surface area (Å²) in [6, 6.07) is 3.54. The van der Waals surface area contributed by atoms with E-state index in [0.29, 0.717) is 5.00 Å². The van der Waals surface area contributed by atoms with Gasteiger partial charge in [0, 0.05) is 4.88 Å². The molecule has 1 aromatic rings. The highest BCUT2D eigenvalue weighted by molar-refractivity contribution is 7.16. The number of nitrogens with zero attached hydrogens (tertiary/aromatic N) is 1. The third-order valence-corrected chi connectivity index (χ3v) is 2.39. The van der Waals surface area contributed by atoms with Crippen molar-refractivity contribution in [2.75, 3.05) is 5.23 Å². The predicted octanol–water partition coefficient (Wildman–Crippen LogP) is 1.90. The molecule has 0 aliphatic heterocycles. The molecule has 0 aliphatic rings. The normalized spacial score (nSPS) is 9.90. The molecule has 3 nitrogen and oxygen atoms in total. The van der Waals surface area contributed by atoms with Gasteiger partial charge in [0.2, 0.25) is 0 Å². The number of rotatable bonds is 2. The van der Waals surface area contributed by atoms with Crippen LogP contribution in [0.1, 0.15) is 11.8 Å². The summed E-state index contributed by atoms with van der Waals surface area (Å²) in [5.74, 6) is 0. The maximum atomic E-state index is 8.53. The van der Waals surface area contributed by atoms with Crippen molar-refractivity contribution in [3.63, 3.8) is 0 Å². The molecule has 0 amide bonds. The second kappa shape index (κ2) is 3.01. The Hall–Kier alpha value is -0.580. The van der Waals surface area contributed by atoms with E-state index in [2.05, 4.69) is 0 Å². The Bertz CT molecular complexity index is 209. The lowest BCUT2D eigenvalue weighted by Crippen LogP contribution is -2.08. The molecule has 1 heterocycles. The fraction of sp³-hybridized carbons (Fsp3) is 0.333. The van der Waals surface area contributed by atoms with Crippen LogP contribution in [-0.2, 0) is 6.42 Å². The van der Waals surface area contributed by atoms with Gasteiger partial charge in [-0.3, -0.25) is 10.4 Å². The van der Waals surface area contributed by atoms with Crippen molar-refractivity contribution < 1.29 is 10.4 Å². The Kier molecular flexibility index (Phi) is 2.26. The van der Waals surface area contributed by atoms with E-state index >= 15 is 0 Å². The fourth-order valence-electron chi connectivity index (χ4n) is 0.664. The molecule has 0 atom stereocenters. The highest BCUT2D eigenvalue weighted by Crippen LogP contribution is 2.23. The minimum absolute atomic E-state index is 0.143. The highest BCUT2D eigenvalue weighted by atomic mass is 32.1. The molecule has 2 N–H and O–H groups in total. The van der Waals surface area contributed by atoms with E-state index in [4.69, 9.17) is 10.4 Å². The number of aryl methyl sites for hydroxylation is 1. The molecule has 56 valence electrons. The van der Waals surface area contributed by atoms with Gasteiger partial charge in [0.25, 0.3) is 0 Å². The lowest BCUT2D eigenvalue weighted by Gasteiger charge is -2.01. The molecule has 0 saturated carbocycles. The van der Waals surface area contributed by atoms with Gasteiger partial charge >= 0.3 is 0 Å². The molecule has 0 unspecified atom stereocenters. The van der Waals surface area contributed by atoms with Crippen molar-refractivity contribution in [3.8, 4) is 0 Å². The molecule has 0 spiro atoms. The van der Waals surface area contributed by atoms with Crippen molar-refractivity contribution in [1.29, 1.82) is 0 Å². The monoisotopic (exact) mass is 159 g/mol. The zero-order valence-corrected chi connectivity index (χ0v) is 6.43. The van der Waals surface area contributed by atoms with Crippen LogP contribution in [0.15, 0.2) is 12.1 Å². The van der Waals surface area contributed by atoms with E-state index in [0.717, 1.165) is 11.3 Å². The van der Waals surface area contributed by atoms with Crippen LogP contribution >= 0.6 is 11.3 Å². The van der Waals surface area contributed by atoms with E-state index in [1.807, 2.05) is 13.0 Å². The van der Waals surface area contributed by atoms with Gasteiger partial charge in [-0.25, -0.2) is 0 Å². The standard InChI is InChI=1S/C6H9NO2S/c1-2-5-3-4-6(10-5)7(8)9/h3-4,8-9H,2H2,1H3. The van der Waals surface area contributed by atoms with Gasteiger partial charge < -0.3 is 0 Å². The van der Waals surface area contributed by atoms with Gasteiger partial charge in [0.15, 0.2) is 0 Å². The first kappa shape index (κ1) is 7.53. The van der Waals surface area contributed by atoms with Crippen LogP contribution in [0.5, 0.6) is 0 Å². The van der Waals surface area contributed by atoms with Crippen LogP contribution in [0, 0.1) is 0 Å². The van der Waals surface area contributed by atoms with E-state index in [-0.39, 0.29) is 5.23 Å². The Labute approximate surface area is 63.1 Å². The summed E-state index contributed by atoms with van der Waals surface area (Å²) < 4.78 is 0. The zero-order chi connectivity index (χ0) is 7.56. The average Bonchev–Trinajstić information content (AvgIpc) is 2.34. The van der Waals surface area contributed by atoms with Crippen LogP contribution in [0.3, 0.4) is 0 Å². The van der Waals surface area contributed by atoms with Crippen molar-refractivity contribution >= 4 is 16.3 Å². The minimum Gasteiger partial charge on any atom is -0.263 e. The molecule has 1 rings (SSSR count). The summed E-state index contributed by atoms with van der Waals surface area (Å²) in [7, 11) is 0. The third-order valence-electron chi connectivity index (χ3n) is 1.19. The van der Waals surface area contributed by atoms with Gasteiger partial charge in [-0.2, -0.15) is 0 Å². The van der Waals surface area contributed by atoms with Gasteiger partial charge in [-0.05, 0) is 18.6 Å². The fourth-order valence-corrected chi connectivity index (χ4v) is 1.43. The summed E-state index contributed by atoms with van der Waals surface area (Å²) in [5.41, 5.74) is 0. The number of anilines is 1. The molecule has 0 bridgehead atoms. The van der Waals surface area contributed by atoms with E-state index in [1.54, 1.807) is 6.07 Å². The van der Waals surface area contributed by atoms with Crippen LogP contribution < -0.4 is 5.23 Å². The maximum absolute atomic E-state index is 8.53. The van der Waals surface area contributed by atoms with Crippen molar-refractivity contribution in [3.05, 3.63) is 17.0 Å². The number of thiophene rings is 1. The minimum atomic E-state index is 0.143. The van der Waals surface area contributed by atoms with Crippen LogP contribution in [-0.4, -0.2) is 10.4 Å². The molecular formula is C6H9NO2S. The van der Waals surface area contributed by atoms with E-state index in [9.17, 15) is 0 Å². The molecular weight excluding hydrogens is 150 g/mol. The average molecular weight is 159 g/mol. The van der Waals surface area contributed by atoms with Crippen LogP contribution in [0.2, 0.25) is 0 Å². The summed E-state index contributed by atoms with van der Waals surface area (Å²) in [6.45, 7) is 2.02. The molecule has 0 fully saturated rings. The molecule has 0 aromatic carbocycles. The summed E-state index contributed by atoms with van der Waals surface area (Å²) in [5, 5.41) is 17.7. The quantitative estimate of drug-likeness (QED) is 0.648. The Morgan fingerprint density at radius 2 is 2.20 bits per heavy atom. The zero-order valence-electron chi connectivity index (χ0n) is 5.61. The van der Waals surface area contributed by atoms with Crippen molar-refractivity contribution in [2.45, 2.75) is 13.3 Å². The number of hydrogen-bond acceptors (Lipinski definition) is 4. The summed E-state index contributed by atoms with van der Waals surface area (Å²) in [6.07, 6.45) is 0.929. The molecule has 0 saturated heterocycles. The predicted molar refractivity (Wildman–Crippen MR) is 39.7 cm³/mol. The largest absolute Gasteiger partial charge is 0.263 e. The molecule has 4 heteroatoms. The van der Waals surface area contributed by atoms with Gasteiger partial charge in [0.05, 0.1) is 0 Å². The second-order valence-electron chi connectivity index (χ2n) is 1.88. The Balaban J connectivity index is 2.78. The first-order chi connectivity index (χ1) is 4.74. The van der Waals surface area contributed by atoms with E-state index in [1.165, 1.54) is 11.3 Å². The van der Waals surface area contributed by atoms with Crippen molar-refractivity contribution in [1.82, 2.24) is 0 Å². The first-order valence-electron chi connectivity index (χ1n) is 3.00. The lowest BCUT2D eigenvalue weighted by atomic mass is 10.4. The number of hydrogen-bond donors (Lipinski definition) is 2. The Morgan fingerprint density at radius 3 is 2.50 bits per heavy atom. The molecule has 0 aliphatic carbocycles. The Morgan fingerprint density at radius 1 is 1.50 bits per heavy atom. The maximum Gasteiger partial charge on any atom is 0.147 e. The van der Waals surface area contributed by atoms with Crippen molar-refractivity contribution in [2.24, 2.45) is 0 Å².